The van der Waals surface area contributed by atoms with Crippen molar-refractivity contribution in [1.82, 2.24) is 14.8 Å². The zero-order valence-electron chi connectivity index (χ0n) is 13.0. The first-order valence-corrected chi connectivity index (χ1v) is 8.05. The molecule has 7 heteroatoms. The van der Waals surface area contributed by atoms with Gasteiger partial charge in [0.15, 0.2) is 0 Å². The van der Waals surface area contributed by atoms with Gasteiger partial charge in [0.05, 0.1) is 18.3 Å². The standard InChI is InChI=1S/C16H22N4O3/c21-13-4-8-20-14(9-13)16(23)19(11-15(20)22)7-2-6-18-12-3-1-5-17-10-12/h1,3,5,10,13-14,18,21H,2,4,6-9,11H2/t13-,14+/m1/s1. The molecular weight excluding hydrogens is 296 g/mol. The number of aromatic nitrogens is 1. The smallest absolute Gasteiger partial charge is 0.245 e. The number of pyridine rings is 1. The van der Waals surface area contributed by atoms with E-state index in [2.05, 4.69) is 10.3 Å². The molecule has 0 unspecified atom stereocenters. The summed E-state index contributed by atoms with van der Waals surface area (Å²) in [6.45, 7) is 1.88. The van der Waals surface area contributed by atoms with Crippen LogP contribution >= 0.6 is 0 Å². The lowest BCUT2D eigenvalue weighted by Gasteiger charge is -2.44. The highest BCUT2D eigenvalue weighted by Crippen LogP contribution is 2.23. The van der Waals surface area contributed by atoms with Crippen molar-refractivity contribution < 1.29 is 14.7 Å². The maximum absolute atomic E-state index is 12.5. The zero-order chi connectivity index (χ0) is 16.2. The van der Waals surface area contributed by atoms with Crippen molar-refractivity contribution in [1.29, 1.82) is 0 Å². The topological polar surface area (TPSA) is 85.8 Å². The molecule has 124 valence electrons. The minimum Gasteiger partial charge on any atom is -0.393 e. The van der Waals surface area contributed by atoms with Crippen LogP contribution in [0.5, 0.6) is 0 Å². The van der Waals surface area contributed by atoms with E-state index >= 15 is 0 Å². The summed E-state index contributed by atoms with van der Waals surface area (Å²) in [7, 11) is 0. The summed E-state index contributed by atoms with van der Waals surface area (Å²) >= 11 is 0. The number of nitrogens with zero attached hydrogens (tertiary/aromatic N) is 3. The van der Waals surface area contributed by atoms with Crippen LogP contribution in [0.25, 0.3) is 0 Å². The van der Waals surface area contributed by atoms with Gasteiger partial charge in [-0.25, -0.2) is 0 Å². The van der Waals surface area contributed by atoms with Crippen LogP contribution in [0.2, 0.25) is 0 Å². The van der Waals surface area contributed by atoms with E-state index in [0.717, 1.165) is 12.1 Å². The average molecular weight is 318 g/mol. The molecule has 0 aromatic carbocycles. The van der Waals surface area contributed by atoms with E-state index in [4.69, 9.17) is 0 Å². The molecule has 2 amide bonds. The predicted molar refractivity (Wildman–Crippen MR) is 84.7 cm³/mol. The highest BCUT2D eigenvalue weighted by atomic mass is 16.3. The molecule has 0 aliphatic carbocycles. The van der Waals surface area contributed by atoms with Crippen molar-refractivity contribution in [3.05, 3.63) is 24.5 Å². The predicted octanol–water partition coefficient (Wildman–Crippen LogP) is 0.0777. The Bertz CT molecular complexity index is 566. The van der Waals surface area contributed by atoms with Crippen LogP contribution in [0, 0.1) is 0 Å². The molecule has 0 radical (unpaired) electrons. The van der Waals surface area contributed by atoms with Gasteiger partial charge in [0.2, 0.25) is 11.8 Å². The number of carbonyl (C=O) groups excluding carboxylic acids is 2. The van der Waals surface area contributed by atoms with Crippen molar-refractivity contribution in [2.75, 3.05) is 31.5 Å². The molecule has 2 atom stereocenters. The SMILES string of the molecule is O=C1[C@@H]2C[C@H](O)CCN2C(=O)CN1CCCNc1cccnc1. The minimum atomic E-state index is -0.486. The molecule has 1 aromatic rings. The second kappa shape index (κ2) is 6.95. The molecule has 0 saturated carbocycles. The van der Waals surface area contributed by atoms with E-state index < -0.39 is 12.1 Å². The largest absolute Gasteiger partial charge is 0.393 e. The quantitative estimate of drug-likeness (QED) is 0.751. The van der Waals surface area contributed by atoms with Crippen LogP contribution in [0.3, 0.4) is 0 Å². The Balaban J connectivity index is 1.50. The van der Waals surface area contributed by atoms with Crippen LogP contribution in [-0.4, -0.2) is 70.0 Å². The van der Waals surface area contributed by atoms with Gasteiger partial charge in [0, 0.05) is 38.4 Å². The number of hydrogen-bond donors (Lipinski definition) is 2. The van der Waals surface area contributed by atoms with Gasteiger partial charge in [0.1, 0.15) is 6.04 Å². The number of anilines is 1. The number of fused-ring (bicyclic) bond motifs is 1. The number of carbonyl (C=O) groups is 2. The van der Waals surface area contributed by atoms with Gasteiger partial charge in [0.25, 0.3) is 0 Å². The lowest BCUT2D eigenvalue weighted by Crippen LogP contribution is -2.63. The van der Waals surface area contributed by atoms with Gasteiger partial charge >= 0.3 is 0 Å². The number of amides is 2. The number of aliphatic hydroxyl groups is 1. The van der Waals surface area contributed by atoms with Gasteiger partial charge < -0.3 is 20.2 Å². The Hall–Kier alpha value is -2.15. The van der Waals surface area contributed by atoms with Crippen LogP contribution in [0.15, 0.2) is 24.5 Å². The van der Waals surface area contributed by atoms with E-state index in [1.807, 2.05) is 12.1 Å². The van der Waals surface area contributed by atoms with E-state index in [9.17, 15) is 14.7 Å². The Labute approximate surface area is 135 Å². The maximum Gasteiger partial charge on any atom is 0.245 e. The van der Waals surface area contributed by atoms with Gasteiger partial charge in [-0.3, -0.25) is 14.6 Å². The molecule has 2 N–H and O–H groups in total. The van der Waals surface area contributed by atoms with Crippen LogP contribution in [0.1, 0.15) is 19.3 Å². The first-order valence-electron chi connectivity index (χ1n) is 8.05. The Morgan fingerprint density at radius 3 is 3.04 bits per heavy atom. The molecule has 1 aromatic heterocycles. The van der Waals surface area contributed by atoms with Crippen LogP contribution in [-0.2, 0) is 9.59 Å². The maximum atomic E-state index is 12.5. The van der Waals surface area contributed by atoms with Crippen LogP contribution < -0.4 is 5.32 Å². The molecule has 23 heavy (non-hydrogen) atoms. The number of rotatable bonds is 5. The van der Waals surface area contributed by atoms with Crippen molar-refractivity contribution in [2.45, 2.75) is 31.4 Å². The van der Waals surface area contributed by atoms with Gasteiger partial charge in [-0.1, -0.05) is 0 Å². The van der Waals surface area contributed by atoms with E-state index in [1.165, 1.54) is 0 Å². The molecule has 0 spiro atoms. The van der Waals surface area contributed by atoms with Gasteiger partial charge in [-0.05, 0) is 25.0 Å². The summed E-state index contributed by atoms with van der Waals surface area (Å²) in [5, 5.41) is 13.0. The summed E-state index contributed by atoms with van der Waals surface area (Å²) in [5.74, 6) is -0.0496. The number of aliphatic hydroxyl groups excluding tert-OH is 1. The van der Waals surface area contributed by atoms with Crippen molar-refractivity contribution in [2.24, 2.45) is 0 Å². The first-order chi connectivity index (χ1) is 11.1. The monoisotopic (exact) mass is 318 g/mol. The number of piperidine rings is 1. The molecule has 7 nitrogen and oxygen atoms in total. The third kappa shape index (κ3) is 3.61. The third-order valence-corrected chi connectivity index (χ3v) is 4.41. The fraction of sp³-hybridized carbons (Fsp3) is 0.562. The van der Waals surface area contributed by atoms with Crippen molar-refractivity contribution in [3.63, 3.8) is 0 Å². The lowest BCUT2D eigenvalue weighted by molar-refractivity contribution is -0.160. The van der Waals surface area contributed by atoms with Crippen molar-refractivity contribution >= 4 is 17.5 Å². The van der Waals surface area contributed by atoms with Gasteiger partial charge in [-0.15, -0.1) is 0 Å². The molecule has 3 heterocycles. The summed E-state index contributed by atoms with van der Waals surface area (Å²) in [6.07, 6.45) is 4.65. The summed E-state index contributed by atoms with van der Waals surface area (Å²) in [4.78, 5) is 31.9. The zero-order valence-corrected chi connectivity index (χ0v) is 13.0. The molecule has 3 rings (SSSR count). The Morgan fingerprint density at radius 1 is 1.39 bits per heavy atom. The fourth-order valence-corrected chi connectivity index (χ4v) is 3.18. The van der Waals surface area contributed by atoms with Crippen molar-refractivity contribution in [3.8, 4) is 0 Å². The molecule has 2 aliphatic rings. The Morgan fingerprint density at radius 2 is 2.26 bits per heavy atom. The van der Waals surface area contributed by atoms with E-state index in [0.29, 0.717) is 32.5 Å². The number of piperazine rings is 1. The third-order valence-electron chi connectivity index (χ3n) is 4.41. The number of hydrogen-bond acceptors (Lipinski definition) is 5. The number of nitrogens with one attached hydrogen (secondary N) is 1. The summed E-state index contributed by atoms with van der Waals surface area (Å²) in [5.41, 5.74) is 0.940. The van der Waals surface area contributed by atoms with Crippen LogP contribution in [0.4, 0.5) is 5.69 Å². The molecule has 2 aliphatic heterocycles. The normalized spacial score (nSPS) is 24.6. The second-order valence-electron chi connectivity index (χ2n) is 6.06. The summed E-state index contributed by atoms with van der Waals surface area (Å²) in [6, 6.07) is 3.31. The van der Waals surface area contributed by atoms with E-state index in [1.54, 1.807) is 22.2 Å². The fourth-order valence-electron chi connectivity index (χ4n) is 3.18. The summed E-state index contributed by atoms with van der Waals surface area (Å²) < 4.78 is 0. The Kier molecular flexibility index (Phi) is 4.76. The molecule has 0 bridgehead atoms. The van der Waals surface area contributed by atoms with E-state index in [-0.39, 0.29) is 18.4 Å². The second-order valence-corrected chi connectivity index (χ2v) is 6.06. The van der Waals surface area contributed by atoms with Gasteiger partial charge in [-0.2, -0.15) is 0 Å². The highest BCUT2D eigenvalue weighted by Gasteiger charge is 2.42. The lowest BCUT2D eigenvalue weighted by atomic mass is 9.96. The first kappa shape index (κ1) is 15.7. The average Bonchev–Trinajstić information content (AvgIpc) is 2.56. The minimum absolute atomic E-state index is 0.0123. The molecular formula is C16H22N4O3. The molecule has 2 saturated heterocycles. The highest BCUT2D eigenvalue weighted by molar-refractivity contribution is 5.95. The molecule has 2 fully saturated rings.